The summed E-state index contributed by atoms with van der Waals surface area (Å²) in [4.78, 5) is 0. The fourth-order valence-corrected chi connectivity index (χ4v) is 3.28. The minimum atomic E-state index is -0.153. The second kappa shape index (κ2) is 5.78. The Bertz CT molecular complexity index is 725. The predicted octanol–water partition coefficient (Wildman–Crippen LogP) is 3.14. The number of rotatable bonds is 2. The monoisotopic (exact) mass is 359 g/mol. The Labute approximate surface area is 139 Å². The van der Waals surface area contributed by atoms with Crippen molar-refractivity contribution in [2.45, 2.75) is 25.6 Å². The Morgan fingerprint density at radius 2 is 1.91 bits per heavy atom. The summed E-state index contributed by atoms with van der Waals surface area (Å²) in [7, 11) is 0. The Kier molecular flexibility index (Phi) is 3.98. The van der Waals surface area contributed by atoms with Crippen molar-refractivity contribution in [3.8, 4) is 5.75 Å². The minimum Gasteiger partial charge on any atom is -0.507 e. The maximum atomic E-state index is 10.2. The van der Waals surface area contributed by atoms with Crippen LogP contribution in [-0.4, -0.2) is 10.8 Å². The van der Waals surface area contributed by atoms with E-state index in [1.54, 1.807) is 6.07 Å². The number of hydrogen-bond acceptors (Lipinski definition) is 2. The first-order valence-electron chi connectivity index (χ1n) is 7.34. The molecule has 1 heterocycles. The van der Waals surface area contributed by atoms with E-state index in [0.29, 0.717) is 5.75 Å². The molecule has 4 N–H and O–H groups in total. The van der Waals surface area contributed by atoms with Crippen LogP contribution in [0.1, 0.15) is 31.0 Å². The molecule has 22 heavy (non-hydrogen) atoms. The van der Waals surface area contributed by atoms with E-state index in [2.05, 4.69) is 58.6 Å². The second-order valence-electron chi connectivity index (χ2n) is 6.19. The van der Waals surface area contributed by atoms with Gasteiger partial charge < -0.3 is 15.7 Å². The van der Waals surface area contributed by atoms with E-state index < -0.39 is 0 Å². The van der Waals surface area contributed by atoms with Gasteiger partial charge in [0, 0.05) is 30.1 Å². The third kappa shape index (κ3) is 3.18. The smallest absolute Gasteiger partial charge is 0.164 e. The van der Waals surface area contributed by atoms with Gasteiger partial charge in [0.25, 0.3) is 0 Å². The van der Waals surface area contributed by atoms with Crippen LogP contribution in [0.3, 0.4) is 0 Å². The lowest BCUT2D eigenvalue weighted by molar-refractivity contribution is -0.754. The van der Waals surface area contributed by atoms with Crippen molar-refractivity contribution in [1.82, 2.24) is 5.32 Å². The van der Waals surface area contributed by atoms with E-state index in [-0.39, 0.29) is 11.7 Å². The summed E-state index contributed by atoms with van der Waals surface area (Å²) in [6.07, 6.45) is 2.17. The first kappa shape index (κ1) is 15.1. The quantitative estimate of drug-likeness (QED) is 0.771. The molecule has 114 valence electrons. The molecule has 0 bridgehead atoms. The highest BCUT2D eigenvalue weighted by Gasteiger charge is 2.33. The lowest BCUT2D eigenvalue weighted by atomic mass is 9.97. The zero-order valence-corrected chi connectivity index (χ0v) is 14.3. The van der Waals surface area contributed by atoms with Gasteiger partial charge in [-0.25, -0.2) is 0 Å². The van der Waals surface area contributed by atoms with Crippen molar-refractivity contribution in [3.63, 3.8) is 0 Å². The molecule has 0 aromatic heterocycles. The molecule has 1 aliphatic rings. The number of quaternary nitrogens is 1. The van der Waals surface area contributed by atoms with Gasteiger partial charge in [0.1, 0.15) is 11.8 Å². The van der Waals surface area contributed by atoms with Gasteiger partial charge in [-0.1, -0.05) is 40.2 Å². The fraction of sp³-hybridized carbons (Fsp3) is 0.222. The van der Waals surface area contributed by atoms with Gasteiger partial charge >= 0.3 is 0 Å². The topological polar surface area (TPSA) is 48.9 Å². The first-order chi connectivity index (χ1) is 10.4. The molecule has 0 spiro atoms. The third-order valence-corrected chi connectivity index (χ3v) is 4.32. The van der Waals surface area contributed by atoms with E-state index in [4.69, 9.17) is 0 Å². The molecule has 0 fully saturated rings. The first-order valence-corrected chi connectivity index (χ1v) is 8.14. The maximum Gasteiger partial charge on any atom is 0.164 e. The predicted molar refractivity (Wildman–Crippen MR) is 92.1 cm³/mol. The molecule has 3 nitrogen and oxygen atoms in total. The van der Waals surface area contributed by atoms with Crippen LogP contribution in [0.15, 0.2) is 59.1 Å². The molecule has 0 amide bonds. The largest absolute Gasteiger partial charge is 0.507 e. The minimum absolute atomic E-state index is 0.0754. The van der Waals surface area contributed by atoms with Crippen LogP contribution in [0.4, 0.5) is 0 Å². The van der Waals surface area contributed by atoms with Gasteiger partial charge in [0.15, 0.2) is 5.66 Å². The van der Waals surface area contributed by atoms with Crippen LogP contribution in [-0.2, 0) is 0 Å². The molecule has 1 atom stereocenters. The van der Waals surface area contributed by atoms with Crippen LogP contribution >= 0.6 is 15.9 Å². The summed E-state index contributed by atoms with van der Waals surface area (Å²) in [5.41, 5.74) is 3.00. The molecular weight excluding hydrogens is 340 g/mol. The highest BCUT2D eigenvalue weighted by Crippen LogP contribution is 2.28. The second-order valence-corrected chi connectivity index (χ2v) is 7.10. The Morgan fingerprint density at radius 3 is 2.64 bits per heavy atom. The number of phenolic OH excluding ortho intramolecular Hbond substituents is 1. The van der Waals surface area contributed by atoms with E-state index in [0.717, 1.165) is 21.3 Å². The maximum absolute atomic E-state index is 10.2. The Morgan fingerprint density at radius 1 is 1.14 bits per heavy atom. The Balaban J connectivity index is 2.04. The molecule has 0 aliphatic carbocycles. The van der Waals surface area contributed by atoms with Gasteiger partial charge in [0.05, 0.1) is 5.56 Å². The van der Waals surface area contributed by atoms with E-state index in [1.165, 1.54) is 0 Å². The SMILES string of the molecule is CC1(C)NC(c2cccc(Br)c2)=CC(c2ccccc2O)[NH2+]1. The molecule has 4 heteroatoms. The van der Waals surface area contributed by atoms with E-state index in [9.17, 15) is 5.11 Å². The Hall–Kier alpha value is -1.78. The van der Waals surface area contributed by atoms with Crippen molar-refractivity contribution in [2.24, 2.45) is 0 Å². The normalized spacial score (nSPS) is 20.1. The molecule has 0 radical (unpaired) electrons. The molecular formula is C18H20BrN2O+. The summed E-state index contributed by atoms with van der Waals surface area (Å²) < 4.78 is 1.05. The van der Waals surface area contributed by atoms with Crippen molar-refractivity contribution < 1.29 is 10.4 Å². The molecule has 0 saturated heterocycles. The van der Waals surface area contributed by atoms with Crippen molar-refractivity contribution in [2.75, 3.05) is 0 Å². The number of halogens is 1. The van der Waals surface area contributed by atoms with Crippen LogP contribution in [0.25, 0.3) is 5.70 Å². The molecule has 2 aromatic carbocycles. The summed E-state index contributed by atoms with van der Waals surface area (Å²) in [6.45, 7) is 4.29. The number of aromatic hydroxyl groups is 1. The van der Waals surface area contributed by atoms with Crippen LogP contribution in [0.2, 0.25) is 0 Å². The highest BCUT2D eigenvalue weighted by molar-refractivity contribution is 9.10. The summed E-state index contributed by atoms with van der Waals surface area (Å²) in [5.74, 6) is 0.339. The molecule has 1 unspecified atom stereocenters. The molecule has 0 saturated carbocycles. The van der Waals surface area contributed by atoms with Gasteiger partial charge in [0.2, 0.25) is 0 Å². The zero-order valence-electron chi connectivity index (χ0n) is 12.7. The summed E-state index contributed by atoms with van der Waals surface area (Å²) >= 11 is 3.53. The number of benzene rings is 2. The van der Waals surface area contributed by atoms with Gasteiger partial charge in [-0.15, -0.1) is 0 Å². The van der Waals surface area contributed by atoms with Crippen LogP contribution < -0.4 is 10.6 Å². The number of nitrogens with one attached hydrogen (secondary N) is 1. The van der Waals surface area contributed by atoms with Crippen molar-refractivity contribution in [3.05, 3.63) is 70.2 Å². The number of phenols is 1. The average molecular weight is 360 g/mol. The van der Waals surface area contributed by atoms with Gasteiger partial charge in [-0.2, -0.15) is 0 Å². The van der Waals surface area contributed by atoms with Crippen LogP contribution in [0, 0.1) is 0 Å². The average Bonchev–Trinajstić information content (AvgIpc) is 2.46. The number of nitrogens with two attached hydrogens (primary N) is 1. The summed E-state index contributed by atoms with van der Waals surface area (Å²) in [5, 5.41) is 15.9. The lowest BCUT2D eigenvalue weighted by Crippen LogP contribution is -3.00. The number of hydrogen-bond donors (Lipinski definition) is 3. The van der Waals surface area contributed by atoms with E-state index >= 15 is 0 Å². The van der Waals surface area contributed by atoms with Crippen molar-refractivity contribution in [1.29, 1.82) is 0 Å². The van der Waals surface area contributed by atoms with Gasteiger partial charge in [-0.05, 0) is 29.8 Å². The van der Waals surface area contributed by atoms with Gasteiger partial charge in [-0.3, -0.25) is 0 Å². The molecule has 1 aliphatic heterocycles. The highest BCUT2D eigenvalue weighted by atomic mass is 79.9. The van der Waals surface area contributed by atoms with E-state index in [1.807, 2.05) is 30.3 Å². The summed E-state index contributed by atoms with van der Waals surface area (Å²) in [6, 6.07) is 15.8. The number of para-hydroxylation sites is 1. The standard InChI is InChI=1S/C18H19BrN2O/c1-18(2)20-15(12-6-5-7-13(19)10-12)11-16(21-18)14-8-3-4-9-17(14)22/h3-11,16,20-22H,1-2H3/p+1. The lowest BCUT2D eigenvalue weighted by Gasteiger charge is -2.35. The zero-order chi connectivity index (χ0) is 15.7. The third-order valence-electron chi connectivity index (χ3n) is 3.83. The molecule has 3 rings (SSSR count). The van der Waals surface area contributed by atoms with Crippen LogP contribution in [0.5, 0.6) is 5.75 Å². The van der Waals surface area contributed by atoms with Crippen molar-refractivity contribution >= 4 is 21.6 Å². The molecule has 2 aromatic rings. The fourth-order valence-electron chi connectivity index (χ4n) is 2.88.